The van der Waals surface area contributed by atoms with Crippen LogP contribution in [0.15, 0.2) is 0 Å². The maximum atomic E-state index is 8.89. The number of aliphatic carboxylic acids is 1. The summed E-state index contributed by atoms with van der Waals surface area (Å²) in [5.74, 6) is 3.58. The van der Waals surface area contributed by atoms with Gasteiger partial charge in [0.2, 0.25) is 0 Å². The van der Waals surface area contributed by atoms with Gasteiger partial charge in [0.25, 0.3) is 0 Å². The molecule has 0 spiro atoms. The second-order valence-electron chi connectivity index (χ2n) is 0.492. The van der Waals surface area contributed by atoms with Crippen LogP contribution in [0.4, 0.5) is 0 Å². The van der Waals surface area contributed by atoms with Gasteiger partial charge in [0.15, 0.2) is 0 Å². The van der Waals surface area contributed by atoms with E-state index in [0.29, 0.717) is 0 Å². The third-order valence-corrected chi connectivity index (χ3v) is 0. The van der Waals surface area contributed by atoms with Gasteiger partial charge in [-0.2, -0.15) is 0 Å². The molecule has 0 N–H and O–H groups in total. The van der Waals surface area contributed by atoms with E-state index in [4.69, 9.17) is 9.90 Å². The van der Waals surface area contributed by atoms with Gasteiger partial charge in [0, 0.05) is 5.97 Å². The van der Waals surface area contributed by atoms with E-state index in [1.54, 1.807) is 0 Å². The van der Waals surface area contributed by atoms with E-state index in [9.17, 15) is 0 Å². The monoisotopic (exact) mass is 359 g/mol. The number of halogens is 1. The molecule has 5 heteroatoms. The first-order chi connectivity index (χ1) is 2.73. The van der Waals surface area contributed by atoms with Crippen LogP contribution in [-0.2, 0) is 27.2 Å². The number of carboxylic acid groups (broad SMARTS) is 1. The van der Waals surface area contributed by atoms with Crippen molar-refractivity contribution in [2.24, 2.45) is 0 Å². The molecule has 0 unspecified atom stereocenters. The molecule has 0 heterocycles. The normalized spacial score (nSPS) is 4.43. The summed E-state index contributed by atoms with van der Waals surface area (Å²) >= 11 is 1.33. The van der Waals surface area contributed by atoms with Crippen molar-refractivity contribution in [1.29, 1.82) is 0 Å². The average molecular weight is 360 g/mol. The number of rotatable bonds is 0. The van der Waals surface area contributed by atoms with Gasteiger partial charge < -0.3 is 9.90 Å². The van der Waals surface area contributed by atoms with Crippen LogP contribution in [0.25, 0.3) is 0 Å². The van der Waals surface area contributed by atoms with Gasteiger partial charge in [-0.1, -0.05) is 0 Å². The molecular weight excluding hydrogens is 357 g/mol. The van der Waals surface area contributed by atoms with Crippen molar-refractivity contribution >= 4 is 11.9 Å². The van der Waals surface area contributed by atoms with Crippen molar-refractivity contribution in [1.82, 2.24) is 0 Å². The quantitative estimate of drug-likeness (QED) is 0.544. The molecule has 7 heavy (non-hydrogen) atoms. The second-order valence-corrected chi connectivity index (χ2v) is 0.492. The topological polar surface area (TPSA) is 40.1 Å². The number of carbonyl (C=O) groups excluding carboxylic acids is 1. The SMILES string of the molecule is CC(=O)[O-].[Ag+].[Cl][Gd]. The van der Waals surface area contributed by atoms with E-state index in [1.165, 1.54) is 36.4 Å². The molecule has 0 aliphatic carbocycles. The summed E-state index contributed by atoms with van der Waals surface area (Å²) in [6.07, 6.45) is 0. The molecule has 0 aromatic heterocycles. The van der Waals surface area contributed by atoms with Crippen LogP contribution >= 0.6 is 5.97 Å². The summed E-state index contributed by atoms with van der Waals surface area (Å²) in [5, 5.41) is 8.89. The summed E-state index contributed by atoms with van der Waals surface area (Å²) in [4.78, 5) is 8.89. The fourth-order valence-corrected chi connectivity index (χ4v) is 0. The minimum atomic E-state index is -1.08. The Balaban J connectivity index is -0.0000000480. The van der Waals surface area contributed by atoms with Gasteiger partial charge in [-0.15, -0.1) is 0 Å². The number of carbonyl (C=O) groups is 1. The maximum absolute atomic E-state index is 8.89. The third-order valence-electron chi connectivity index (χ3n) is 0. The zero-order valence-corrected chi connectivity index (χ0v) is 7.86. The molecule has 0 saturated heterocycles. The molecule has 0 saturated carbocycles. The predicted molar refractivity (Wildman–Crippen MR) is 16.5 cm³/mol. The fourth-order valence-electron chi connectivity index (χ4n) is 0. The molecule has 0 aromatic rings. The summed E-state index contributed by atoms with van der Waals surface area (Å²) in [5.41, 5.74) is 0. The Morgan fingerprint density at radius 2 is 1.71 bits per heavy atom. The molecule has 2 nitrogen and oxygen atoms in total. The van der Waals surface area contributed by atoms with Crippen LogP contribution in [0.5, 0.6) is 0 Å². The predicted octanol–water partition coefficient (Wildman–Crippen LogP) is -0.557. The Kier molecular flexibility index (Phi) is 35.6. The van der Waals surface area contributed by atoms with Crippen molar-refractivity contribution < 1.29 is 68.6 Å². The van der Waals surface area contributed by atoms with Crippen molar-refractivity contribution in [3.63, 3.8) is 0 Å². The van der Waals surface area contributed by atoms with Crippen molar-refractivity contribution in [2.75, 3.05) is 0 Å². The third kappa shape index (κ3) is 79.7. The molecule has 0 amide bonds. The van der Waals surface area contributed by atoms with E-state index >= 15 is 0 Å². The Morgan fingerprint density at radius 1 is 1.71 bits per heavy atom. The van der Waals surface area contributed by atoms with Gasteiger partial charge in [-0.25, -0.2) is 0 Å². The van der Waals surface area contributed by atoms with Crippen molar-refractivity contribution in [3.05, 3.63) is 0 Å². The summed E-state index contributed by atoms with van der Waals surface area (Å²) in [6.45, 7) is 0.972. The van der Waals surface area contributed by atoms with E-state index in [1.807, 2.05) is 0 Å². The van der Waals surface area contributed by atoms with Gasteiger partial charge in [0.05, 0.1) is 0 Å². The molecule has 0 radical (unpaired) electrons. The van der Waals surface area contributed by atoms with Gasteiger partial charge in [0.1, 0.15) is 0 Å². The van der Waals surface area contributed by atoms with Crippen molar-refractivity contribution in [2.45, 2.75) is 6.92 Å². The number of carboxylic acids is 1. The standard InChI is InChI=1S/C2H4O2.Ag.ClH.Gd/c1-2(3)4;;;/h1H3,(H,3,4);;1H;/q;+1;;+1/p-2. The first kappa shape index (κ1) is 15.9. The molecule has 0 aromatic carbocycles. The zero-order valence-electron chi connectivity index (χ0n) is 3.35. The number of hydrogen-bond acceptors (Lipinski definition) is 2. The molecule has 0 bridgehead atoms. The Morgan fingerprint density at radius 3 is 1.71 bits per heavy atom. The summed E-state index contributed by atoms with van der Waals surface area (Å²) in [7, 11) is 0. The first-order valence-electron chi connectivity index (χ1n) is 1.04. The second kappa shape index (κ2) is 15.7. The Bertz CT molecular complexity index is 38.7. The van der Waals surface area contributed by atoms with Gasteiger partial charge in [-0.3, -0.25) is 0 Å². The fraction of sp³-hybridized carbons (Fsp3) is 0.500. The summed E-state index contributed by atoms with van der Waals surface area (Å²) < 4.78 is 0. The van der Waals surface area contributed by atoms with Gasteiger partial charge in [-0.05, 0) is 6.92 Å². The van der Waals surface area contributed by atoms with E-state index in [0.717, 1.165) is 6.92 Å². The Labute approximate surface area is 86.0 Å². The van der Waals surface area contributed by atoms with E-state index < -0.39 is 5.97 Å². The summed E-state index contributed by atoms with van der Waals surface area (Å²) in [6, 6.07) is 0. The molecule has 0 atom stereocenters. The zero-order chi connectivity index (χ0) is 5.58. The van der Waals surface area contributed by atoms with E-state index in [2.05, 4.69) is 5.97 Å². The van der Waals surface area contributed by atoms with Crippen LogP contribution in [0.1, 0.15) is 6.92 Å². The molecule has 0 aliphatic rings. The number of hydrogen-bond donors (Lipinski definition) is 0. The molecule has 0 fully saturated rings. The van der Waals surface area contributed by atoms with Crippen LogP contribution in [0.3, 0.4) is 0 Å². The van der Waals surface area contributed by atoms with Crippen LogP contribution in [0.2, 0.25) is 0 Å². The van der Waals surface area contributed by atoms with Gasteiger partial charge >= 0.3 is 64.7 Å². The molecule has 0 aliphatic heterocycles. The van der Waals surface area contributed by atoms with Crippen LogP contribution < -0.4 is 5.11 Å². The molecule has 49 valence electrons. The Hall–Kier alpha value is 1.82. The molecule has 0 rings (SSSR count). The molecular formula is C2H3AgClGdO2. The van der Waals surface area contributed by atoms with Crippen LogP contribution in [0, 0.1) is 36.4 Å². The first-order valence-corrected chi connectivity index (χ1v) is 3.88. The van der Waals surface area contributed by atoms with Crippen molar-refractivity contribution in [3.8, 4) is 0 Å². The van der Waals surface area contributed by atoms with E-state index in [-0.39, 0.29) is 22.4 Å². The minimum absolute atomic E-state index is 0. The van der Waals surface area contributed by atoms with Crippen LogP contribution in [-0.4, -0.2) is 5.97 Å². The average Bonchev–Trinajstić information content (AvgIpc) is 1.41.